The van der Waals surface area contributed by atoms with E-state index in [4.69, 9.17) is 9.47 Å². The molecule has 1 heterocycles. The lowest BCUT2D eigenvalue weighted by Crippen LogP contribution is -2.60. The molecule has 0 spiro atoms. The fourth-order valence-electron chi connectivity index (χ4n) is 4.68. The molecule has 9 atom stereocenters. The Kier molecular flexibility index (Phi) is 8.04. The summed E-state index contributed by atoms with van der Waals surface area (Å²) in [5.74, 6) is 0.217. The van der Waals surface area contributed by atoms with Gasteiger partial charge in [-0.2, -0.15) is 0 Å². The van der Waals surface area contributed by atoms with Crippen LogP contribution in [0.15, 0.2) is 0 Å². The summed E-state index contributed by atoms with van der Waals surface area (Å²) in [5, 5.41) is 58.8. The summed E-state index contributed by atoms with van der Waals surface area (Å²) >= 11 is 0. The Morgan fingerprint density at radius 3 is 2.30 bits per heavy atom. The Hall–Kier alpha value is -0.320. The molecule has 0 bridgehead atoms. The Labute approximate surface area is 160 Å². The molecule has 27 heavy (non-hydrogen) atoms. The van der Waals surface area contributed by atoms with Crippen molar-refractivity contribution in [1.82, 2.24) is 0 Å². The molecular formula is C19H36O8. The SMILES string of the molecule is C[C@@H](O)CCC1[C@@H](CO)CC(O[C@@H]2O[C@H](CO)[C@@H](O)[C@H](O)[C@H]2O)CC1(C)C. The minimum Gasteiger partial charge on any atom is -0.396 e. The lowest BCUT2D eigenvalue weighted by atomic mass is 9.61. The summed E-state index contributed by atoms with van der Waals surface area (Å²) in [6.45, 7) is 5.47. The maximum Gasteiger partial charge on any atom is 0.186 e. The van der Waals surface area contributed by atoms with Gasteiger partial charge in [-0.15, -0.1) is 0 Å². The summed E-state index contributed by atoms with van der Waals surface area (Å²) in [7, 11) is 0. The summed E-state index contributed by atoms with van der Waals surface area (Å²) < 4.78 is 11.4. The predicted molar refractivity (Wildman–Crippen MR) is 96.6 cm³/mol. The highest BCUT2D eigenvalue weighted by atomic mass is 16.7. The third-order valence-corrected chi connectivity index (χ3v) is 6.20. The zero-order valence-electron chi connectivity index (χ0n) is 16.4. The molecule has 8 nitrogen and oxygen atoms in total. The number of hydrogen-bond acceptors (Lipinski definition) is 8. The first kappa shape index (κ1) is 23.0. The van der Waals surface area contributed by atoms with Gasteiger partial charge in [0.05, 0.1) is 18.8 Å². The molecule has 8 heteroatoms. The van der Waals surface area contributed by atoms with Gasteiger partial charge in [-0.05, 0) is 49.9 Å². The van der Waals surface area contributed by atoms with Crippen LogP contribution in [0.1, 0.15) is 46.5 Å². The lowest BCUT2D eigenvalue weighted by Gasteiger charge is -2.49. The second-order valence-electron chi connectivity index (χ2n) is 8.86. The quantitative estimate of drug-likeness (QED) is 0.337. The van der Waals surface area contributed by atoms with Crippen LogP contribution in [-0.4, -0.2) is 86.8 Å². The van der Waals surface area contributed by atoms with Crippen LogP contribution in [0.4, 0.5) is 0 Å². The van der Waals surface area contributed by atoms with Gasteiger partial charge in [0.25, 0.3) is 0 Å². The zero-order chi connectivity index (χ0) is 20.4. The molecule has 0 aromatic heterocycles. The molecule has 6 N–H and O–H groups in total. The van der Waals surface area contributed by atoms with E-state index in [1.54, 1.807) is 6.92 Å². The molecule has 1 saturated carbocycles. The van der Waals surface area contributed by atoms with E-state index >= 15 is 0 Å². The fraction of sp³-hybridized carbons (Fsp3) is 1.00. The van der Waals surface area contributed by atoms with Crippen molar-refractivity contribution in [2.24, 2.45) is 17.3 Å². The topological polar surface area (TPSA) is 140 Å². The van der Waals surface area contributed by atoms with Gasteiger partial charge in [-0.3, -0.25) is 0 Å². The Morgan fingerprint density at radius 2 is 1.74 bits per heavy atom. The van der Waals surface area contributed by atoms with E-state index < -0.39 is 37.3 Å². The zero-order valence-corrected chi connectivity index (χ0v) is 16.4. The average molecular weight is 392 g/mol. The normalized spacial score (nSPS) is 43.4. The third kappa shape index (κ3) is 5.39. The third-order valence-electron chi connectivity index (χ3n) is 6.20. The van der Waals surface area contributed by atoms with Crippen LogP contribution in [-0.2, 0) is 9.47 Å². The van der Waals surface area contributed by atoms with Crippen molar-refractivity contribution in [3.63, 3.8) is 0 Å². The van der Waals surface area contributed by atoms with Crippen molar-refractivity contribution < 1.29 is 40.1 Å². The van der Waals surface area contributed by atoms with Crippen LogP contribution in [0, 0.1) is 17.3 Å². The van der Waals surface area contributed by atoms with Crippen molar-refractivity contribution in [3.8, 4) is 0 Å². The standard InChI is InChI=1S/C19H36O8/c1-10(22)4-5-13-11(8-20)6-12(7-19(13,2)3)26-18-17(25)16(24)15(23)14(9-21)27-18/h10-18,20-25H,4-9H2,1-3H3/t10-,11-,12?,13?,14-,15-,16+,17-,18-/m1/s1. The van der Waals surface area contributed by atoms with Crippen LogP contribution in [0.25, 0.3) is 0 Å². The number of hydrogen-bond donors (Lipinski definition) is 6. The number of aliphatic hydroxyl groups excluding tert-OH is 6. The molecule has 0 radical (unpaired) electrons. The highest BCUT2D eigenvalue weighted by molar-refractivity contribution is 4.94. The molecule has 0 aromatic carbocycles. The molecule has 2 unspecified atom stereocenters. The fourth-order valence-corrected chi connectivity index (χ4v) is 4.68. The minimum absolute atomic E-state index is 0.00243. The minimum atomic E-state index is -1.47. The van der Waals surface area contributed by atoms with Gasteiger partial charge >= 0.3 is 0 Å². The number of ether oxygens (including phenoxy) is 2. The first-order valence-corrected chi connectivity index (χ1v) is 9.85. The Morgan fingerprint density at radius 1 is 1.07 bits per heavy atom. The molecule has 2 aliphatic rings. The molecule has 2 fully saturated rings. The van der Waals surface area contributed by atoms with E-state index in [-0.39, 0.29) is 36.1 Å². The Bertz CT molecular complexity index is 455. The van der Waals surface area contributed by atoms with Crippen molar-refractivity contribution in [2.45, 2.75) is 89.4 Å². The second kappa shape index (κ2) is 9.45. The van der Waals surface area contributed by atoms with Gasteiger partial charge in [-0.1, -0.05) is 13.8 Å². The van der Waals surface area contributed by atoms with Crippen molar-refractivity contribution in [1.29, 1.82) is 0 Å². The molecule has 1 saturated heterocycles. The summed E-state index contributed by atoms with van der Waals surface area (Å²) in [4.78, 5) is 0. The van der Waals surface area contributed by atoms with Gasteiger partial charge in [-0.25, -0.2) is 0 Å². The van der Waals surface area contributed by atoms with E-state index in [1.807, 2.05) is 0 Å². The van der Waals surface area contributed by atoms with E-state index in [0.717, 1.165) is 6.42 Å². The van der Waals surface area contributed by atoms with Crippen LogP contribution in [0.5, 0.6) is 0 Å². The lowest BCUT2D eigenvalue weighted by molar-refractivity contribution is -0.317. The van der Waals surface area contributed by atoms with Gasteiger partial charge < -0.3 is 40.1 Å². The maximum atomic E-state index is 10.2. The average Bonchev–Trinajstić information content (AvgIpc) is 2.59. The molecule has 0 aromatic rings. The molecular weight excluding hydrogens is 356 g/mol. The largest absolute Gasteiger partial charge is 0.396 e. The molecule has 2 rings (SSSR count). The summed E-state index contributed by atoms with van der Waals surface area (Å²) in [6.07, 6.45) is -4.44. The van der Waals surface area contributed by atoms with Crippen molar-refractivity contribution in [2.75, 3.05) is 13.2 Å². The van der Waals surface area contributed by atoms with Crippen molar-refractivity contribution in [3.05, 3.63) is 0 Å². The molecule has 0 amide bonds. The summed E-state index contributed by atoms with van der Waals surface area (Å²) in [5.41, 5.74) is -0.153. The van der Waals surface area contributed by atoms with E-state index in [2.05, 4.69) is 13.8 Å². The maximum absolute atomic E-state index is 10.2. The van der Waals surface area contributed by atoms with Gasteiger partial charge in [0.2, 0.25) is 0 Å². The Balaban J connectivity index is 2.05. The smallest absolute Gasteiger partial charge is 0.186 e. The van der Waals surface area contributed by atoms with Crippen LogP contribution in [0.3, 0.4) is 0 Å². The number of rotatable bonds is 7. The highest BCUT2D eigenvalue weighted by Gasteiger charge is 2.48. The second-order valence-corrected chi connectivity index (χ2v) is 8.86. The van der Waals surface area contributed by atoms with Crippen molar-refractivity contribution >= 4 is 0 Å². The van der Waals surface area contributed by atoms with E-state index in [9.17, 15) is 30.6 Å². The first-order chi connectivity index (χ1) is 12.6. The number of aliphatic hydroxyl groups is 6. The van der Waals surface area contributed by atoms with Gasteiger partial charge in [0, 0.05) is 6.61 Å². The predicted octanol–water partition coefficient (Wildman–Crippen LogP) is -0.623. The van der Waals surface area contributed by atoms with Crippen LogP contribution >= 0.6 is 0 Å². The van der Waals surface area contributed by atoms with Gasteiger partial charge in [0.1, 0.15) is 24.4 Å². The van der Waals surface area contributed by atoms with Crippen LogP contribution in [0.2, 0.25) is 0 Å². The van der Waals surface area contributed by atoms with E-state index in [1.165, 1.54) is 0 Å². The first-order valence-electron chi connectivity index (χ1n) is 9.85. The molecule has 1 aliphatic carbocycles. The highest BCUT2D eigenvalue weighted by Crippen LogP contribution is 2.47. The van der Waals surface area contributed by atoms with E-state index in [0.29, 0.717) is 19.3 Å². The van der Waals surface area contributed by atoms with Crippen LogP contribution < -0.4 is 0 Å². The molecule has 160 valence electrons. The summed E-state index contributed by atoms with van der Waals surface area (Å²) in [6, 6.07) is 0. The monoisotopic (exact) mass is 392 g/mol. The van der Waals surface area contributed by atoms with Gasteiger partial charge in [0.15, 0.2) is 6.29 Å². The molecule has 1 aliphatic heterocycles.